The van der Waals surface area contributed by atoms with E-state index in [1.807, 2.05) is 0 Å². The van der Waals surface area contributed by atoms with Crippen LogP contribution in [0.15, 0.2) is 18.2 Å². The molecule has 0 aliphatic heterocycles. The zero-order chi connectivity index (χ0) is 10.8. The van der Waals surface area contributed by atoms with Gasteiger partial charge in [-0.15, -0.1) is 0 Å². The molecule has 0 saturated carbocycles. The van der Waals surface area contributed by atoms with Crippen molar-refractivity contribution < 1.29 is 9.13 Å². The van der Waals surface area contributed by atoms with Crippen molar-refractivity contribution in [3.63, 3.8) is 0 Å². The second-order valence-corrected chi connectivity index (χ2v) is 5.18. The van der Waals surface area contributed by atoms with Crippen LogP contribution in [0.5, 0.6) is 5.75 Å². The van der Waals surface area contributed by atoms with Crippen molar-refractivity contribution in [1.29, 1.82) is 0 Å². The molecule has 0 amide bonds. The van der Waals surface area contributed by atoms with E-state index in [0.29, 0.717) is 5.33 Å². The van der Waals surface area contributed by atoms with Crippen LogP contribution in [0.25, 0.3) is 0 Å². The highest BCUT2D eigenvalue weighted by Crippen LogP contribution is 2.31. The maximum atomic E-state index is 13.2. The van der Waals surface area contributed by atoms with Gasteiger partial charge in [0.1, 0.15) is 0 Å². The van der Waals surface area contributed by atoms with Crippen molar-refractivity contribution in [2.24, 2.45) is 0 Å². The van der Waals surface area contributed by atoms with E-state index in [4.69, 9.17) is 39.5 Å². The van der Waals surface area contributed by atoms with E-state index in [0.717, 1.165) is 5.56 Å². The van der Waals surface area contributed by atoms with Gasteiger partial charge in [0.05, 0.1) is 0 Å². The lowest BCUT2D eigenvalue weighted by molar-refractivity contribution is 0.303. The predicted octanol–water partition coefficient (Wildman–Crippen LogP) is 4.43. The lowest BCUT2D eigenvalue weighted by atomic mass is 10.2. The zero-order valence-electron chi connectivity index (χ0n) is 6.74. The van der Waals surface area contributed by atoms with E-state index < -0.39 is 9.80 Å². The number of rotatable bonds is 2. The molecule has 1 nitrogen and oxygen atoms in total. The molecule has 0 bridgehead atoms. The Bertz CT molecular complexity index is 327. The van der Waals surface area contributed by atoms with E-state index in [1.54, 1.807) is 6.07 Å². The number of halogens is 5. The maximum absolute atomic E-state index is 13.2. The molecule has 0 unspecified atom stereocenters. The molecule has 0 N–H and O–H groups in total. The lowest BCUT2D eigenvalue weighted by Gasteiger charge is -2.14. The first-order valence-corrected chi connectivity index (χ1v) is 5.78. The number of alkyl halides is 4. The standard InChI is InChI=1S/C8H5BrCl3FO/c9-4-5-1-2-7(6(13)3-5)14-8(10,11)12/h1-3H,4H2. The average molecular weight is 322 g/mol. The molecule has 0 aromatic heterocycles. The molecule has 1 aromatic carbocycles. The van der Waals surface area contributed by atoms with Gasteiger partial charge >= 0.3 is 3.98 Å². The van der Waals surface area contributed by atoms with Crippen LogP contribution in [-0.4, -0.2) is 3.98 Å². The summed E-state index contributed by atoms with van der Waals surface area (Å²) in [6.45, 7) is 0. The number of benzene rings is 1. The van der Waals surface area contributed by atoms with E-state index in [9.17, 15) is 4.39 Å². The van der Waals surface area contributed by atoms with Crippen molar-refractivity contribution in [2.75, 3.05) is 0 Å². The Kier molecular flexibility index (Phi) is 4.31. The van der Waals surface area contributed by atoms with Crippen LogP contribution in [0.2, 0.25) is 0 Å². The van der Waals surface area contributed by atoms with E-state index in [2.05, 4.69) is 15.9 Å². The fourth-order valence-corrected chi connectivity index (χ4v) is 1.43. The summed E-state index contributed by atoms with van der Waals surface area (Å²) in [5.41, 5.74) is 0.777. The lowest BCUT2D eigenvalue weighted by Crippen LogP contribution is -2.13. The van der Waals surface area contributed by atoms with Crippen molar-refractivity contribution in [3.05, 3.63) is 29.6 Å². The van der Waals surface area contributed by atoms with Crippen LogP contribution in [0, 0.1) is 5.82 Å². The maximum Gasteiger partial charge on any atom is 0.338 e. The molecule has 0 radical (unpaired) electrons. The molecule has 0 aliphatic rings. The van der Waals surface area contributed by atoms with Crippen molar-refractivity contribution in [1.82, 2.24) is 0 Å². The Labute approximate surface area is 104 Å². The summed E-state index contributed by atoms with van der Waals surface area (Å²) in [7, 11) is 0. The summed E-state index contributed by atoms with van der Waals surface area (Å²) in [6, 6.07) is 4.39. The number of hydrogen-bond acceptors (Lipinski definition) is 1. The SMILES string of the molecule is Fc1cc(CBr)ccc1OC(Cl)(Cl)Cl. The van der Waals surface area contributed by atoms with Crippen molar-refractivity contribution >= 4 is 50.7 Å². The third kappa shape index (κ3) is 3.81. The fourth-order valence-electron chi connectivity index (χ4n) is 0.835. The van der Waals surface area contributed by atoms with E-state index >= 15 is 0 Å². The minimum absolute atomic E-state index is 0.0882. The predicted molar refractivity (Wildman–Crippen MR) is 59.9 cm³/mol. The van der Waals surface area contributed by atoms with Crippen LogP contribution < -0.4 is 4.74 Å². The molecule has 0 saturated heterocycles. The van der Waals surface area contributed by atoms with Crippen LogP contribution in [0.3, 0.4) is 0 Å². The molecule has 0 fully saturated rings. The zero-order valence-corrected chi connectivity index (χ0v) is 10.6. The summed E-state index contributed by atoms with van der Waals surface area (Å²) in [4.78, 5) is 0. The highest BCUT2D eigenvalue weighted by molar-refractivity contribution is 9.08. The van der Waals surface area contributed by atoms with Gasteiger partial charge in [-0.05, 0) is 52.5 Å². The molecule has 14 heavy (non-hydrogen) atoms. The molecule has 0 atom stereocenters. The summed E-state index contributed by atoms with van der Waals surface area (Å²) >= 11 is 19.2. The highest BCUT2D eigenvalue weighted by Gasteiger charge is 2.23. The van der Waals surface area contributed by atoms with Crippen LogP contribution >= 0.6 is 50.7 Å². The third-order valence-corrected chi connectivity index (χ3v) is 2.26. The van der Waals surface area contributed by atoms with Gasteiger partial charge in [-0.3, -0.25) is 0 Å². The second kappa shape index (κ2) is 4.88. The van der Waals surface area contributed by atoms with E-state index in [-0.39, 0.29) is 5.75 Å². The molecule has 0 spiro atoms. The normalized spacial score (nSPS) is 11.5. The minimum atomic E-state index is -1.95. The van der Waals surface area contributed by atoms with Gasteiger partial charge in [-0.25, -0.2) is 4.39 Å². The number of ether oxygens (including phenoxy) is 1. The summed E-state index contributed by atoms with van der Waals surface area (Å²) < 4.78 is 16.0. The molecule has 1 aromatic rings. The Morgan fingerprint density at radius 3 is 2.43 bits per heavy atom. The van der Waals surface area contributed by atoms with Gasteiger partial charge in [0.2, 0.25) is 0 Å². The van der Waals surface area contributed by atoms with Crippen LogP contribution in [0.1, 0.15) is 5.56 Å². The van der Waals surface area contributed by atoms with Gasteiger partial charge < -0.3 is 4.74 Å². The quantitative estimate of drug-likeness (QED) is 0.732. The van der Waals surface area contributed by atoms with Crippen LogP contribution in [-0.2, 0) is 5.33 Å². The molecule has 1 rings (SSSR count). The topological polar surface area (TPSA) is 9.23 Å². The first-order chi connectivity index (χ1) is 6.42. The fraction of sp³-hybridized carbons (Fsp3) is 0.250. The molecular weight excluding hydrogens is 317 g/mol. The molecule has 78 valence electrons. The Morgan fingerprint density at radius 1 is 1.36 bits per heavy atom. The third-order valence-electron chi connectivity index (χ3n) is 1.38. The molecule has 6 heteroatoms. The van der Waals surface area contributed by atoms with Gasteiger partial charge in [0, 0.05) is 5.33 Å². The van der Waals surface area contributed by atoms with Crippen LogP contribution in [0.4, 0.5) is 4.39 Å². The molecular formula is C8H5BrCl3FO. The Hall–Kier alpha value is 0.300. The smallest absolute Gasteiger partial charge is 0.338 e. The summed E-state index contributed by atoms with van der Waals surface area (Å²) in [5.74, 6) is -0.650. The van der Waals surface area contributed by atoms with Gasteiger partial charge in [0.25, 0.3) is 0 Å². The van der Waals surface area contributed by atoms with Crippen molar-refractivity contribution in [3.8, 4) is 5.75 Å². The van der Waals surface area contributed by atoms with Crippen molar-refractivity contribution in [2.45, 2.75) is 9.31 Å². The van der Waals surface area contributed by atoms with Gasteiger partial charge in [0.15, 0.2) is 11.6 Å². The first kappa shape index (κ1) is 12.4. The summed E-state index contributed by atoms with van der Waals surface area (Å²) in [5, 5.41) is 0.554. The summed E-state index contributed by atoms with van der Waals surface area (Å²) in [6.07, 6.45) is 0. The van der Waals surface area contributed by atoms with Gasteiger partial charge in [-0.2, -0.15) is 0 Å². The monoisotopic (exact) mass is 320 g/mol. The Balaban J connectivity index is 2.89. The molecule has 0 aliphatic carbocycles. The average Bonchev–Trinajstić information content (AvgIpc) is 2.06. The number of hydrogen-bond donors (Lipinski definition) is 0. The largest absolute Gasteiger partial charge is 0.442 e. The Morgan fingerprint density at radius 2 is 2.00 bits per heavy atom. The second-order valence-electron chi connectivity index (χ2n) is 2.45. The highest BCUT2D eigenvalue weighted by atomic mass is 79.9. The minimum Gasteiger partial charge on any atom is -0.442 e. The first-order valence-electron chi connectivity index (χ1n) is 3.52. The molecule has 0 heterocycles. The van der Waals surface area contributed by atoms with Gasteiger partial charge in [-0.1, -0.05) is 22.0 Å². The van der Waals surface area contributed by atoms with E-state index in [1.165, 1.54) is 12.1 Å².